The highest BCUT2D eigenvalue weighted by molar-refractivity contribution is 7.23. The van der Waals surface area contributed by atoms with Gasteiger partial charge in [0.15, 0.2) is 0 Å². The minimum absolute atomic E-state index is 0.241. The predicted octanol–water partition coefficient (Wildman–Crippen LogP) is 4.25. The number of halogens is 1. The molecule has 1 N–H and O–H groups in total. The second-order valence-electron chi connectivity index (χ2n) is 5.35. The van der Waals surface area contributed by atoms with Gasteiger partial charge in [-0.25, -0.2) is 9.78 Å². The highest BCUT2D eigenvalue weighted by atomic mass is 35.5. The van der Waals surface area contributed by atoms with Gasteiger partial charge in [0, 0.05) is 11.9 Å². The third kappa shape index (κ3) is 4.47. The van der Waals surface area contributed by atoms with Gasteiger partial charge in [-0.3, -0.25) is 4.79 Å². The van der Waals surface area contributed by atoms with Crippen molar-refractivity contribution in [1.29, 1.82) is 0 Å². The third-order valence-electron chi connectivity index (χ3n) is 3.64. The summed E-state index contributed by atoms with van der Waals surface area (Å²) in [6.07, 6.45) is 0. The molecule has 27 heavy (non-hydrogen) atoms. The SMILES string of the molecule is COC(=O)c1cc(CNC(=O)c2csc(-c3ccc(Cl)s3)n2)ccc1OC. The van der Waals surface area contributed by atoms with Crippen LogP contribution in [0.15, 0.2) is 35.7 Å². The first kappa shape index (κ1) is 19.3. The second kappa shape index (κ2) is 8.51. The van der Waals surface area contributed by atoms with Crippen LogP contribution in [0.5, 0.6) is 5.75 Å². The lowest BCUT2D eigenvalue weighted by Gasteiger charge is -2.09. The Morgan fingerprint density at radius 3 is 2.70 bits per heavy atom. The maximum Gasteiger partial charge on any atom is 0.341 e. The van der Waals surface area contributed by atoms with Crippen LogP contribution in [-0.4, -0.2) is 31.1 Å². The standard InChI is InChI=1S/C18H15ClN2O4S2/c1-24-13-4-3-10(7-11(13)18(23)25-2)8-20-16(22)12-9-26-17(21-12)14-5-6-15(19)27-14/h3-7,9H,8H2,1-2H3,(H,20,22). The van der Waals surface area contributed by atoms with Crippen LogP contribution < -0.4 is 10.1 Å². The molecule has 0 atom stereocenters. The number of thiazole rings is 1. The van der Waals surface area contributed by atoms with Gasteiger partial charge in [-0.2, -0.15) is 0 Å². The summed E-state index contributed by atoms with van der Waals surface area (Å²) in [5.41, 5.74) is 1.38. The number of benzene rings is 1. The highest BCUT2D eigenvalue weighted by Gasteiger charge is 2.15. The lowest BCUT2D eigenvalue weighted by Crippen LogP contribution is -2.23. The second-order valence-corrected chi connectivity index (χ2v) is 7.92. The molecule has 0 bridgehead atoms. The van der Waals surface area contributed by atoms with E-state index >= 15 is 0 Å². The monoisotopic (exact) mass is 422 g/mol. The maximum absolute atomic E-state index is 12.4. The fourth-order valence-corrected chi connectivity index (χ4v) is 4.24. The van der Waals surface area contributed by atoms with Crippen LogP contribution in [0.1, 0.15) is 26.4 Å². The first-order valence-electron chi connectivity index (χ1n) is 7.76. The van der Waals surface area contributed by atoms with Crippen molar-refractivity contribution in [2.24, 2.45) is 0 Å². The summed E-state index contributed by atoms with van der Waals surface area (Å²) >= 11 is 8.73. The minimum Gasteiger partial charge on any atom is -0.496 e. The number of amides is 1. The number of thiophene rings is 1. The summed E-state index contributed by atoms with van der Waals surface area (Å²) in [7, 11) is 2.78. The van der Waals surface area contributed by atoms with E-state index in [4.69, 9.17) is 21.1 Å². The van der Waals surface area contributed by atoms with Crippen LogP contribution >= 0.6 is 34.3 Å². The Hall–Kier alpha value is -2.42. The molecule has 2 aromatic heterocycles. The molecule has 0 saturated heterocycles. The zero-order valence-corrected chi connectivity index (χ0v) is 16.8. The Morgan fingerprint density at radius 2 is 2.04 bits per heavy atom. The summed E-state index contributed by atoms with van der Waals surface area (Å²) in [6, 6.07) is 8.73. The Balaban J connectivity index is 1.69. The molecule has 3 rings (SSSR count). The summed E-state index contributed by atoms with van der Waals surface area (Å²) < 4.78 is 10.6. The highest BCUT2D eigenvalue weighted by Crippen LogP contribution is 2.32. The van der Waals surface area contributed by atoms with Crippen LogP contribution in [0.2, 0.25) is 4.34 Å². The molecule has 2 heterocycles. The molecule has 0 fully saturated rings. The van der Waals surface area contributed by atoms with Gasteiger partial charge in [-0.15, -0.1) is 22.7 Å². The predicted molar refractivity (Wildman–Crippen MR) is 106 cm³/mol. The Morgan fingerprint density at radius 1 is 1.22 bits per heavy atom. The summed E-state index contributed by atoms with van der Waals surface area (Å²) in [4.78, 5) is 29.5. The van der Waals surface area contributed by atoms with Gasteiger partial charge in [0.2, 0.25) is 0 Å². The third-order valence-corrected chi connectivity index (χ3v) is 5.89. The first-order valence-corrected chi connectivity index (χ1v) is 9.84. The number of methoxy groups -OCH3 is 2. The molecule has 1 amide bonds. The van der Waals surface area contributed by atoms with E-state index < -0.39 is 5.97 Å². The van der Waals surface area contributed by atoms with Gasteiger partial charge >= 0.3 is 5.97 Å². The van der Waals surface area contributed by atoms with E-state index in [-0.39, 0.29) is 12.5 Å². The lowest BCUT2D eigenvalue weighted by atomic mass is 10.1. The normalized spacial score (nSPS) is 10.5. The Labute approximate surface area is 168 Å². The van der Waals surface area contributed by atoms with Crippen molar-refractivity contribution in [3.63, 3.8) is 0 Å². The number of carbonyl (C=O) groups excluding carboxylic acids is 2. The molecule has 0 unspecified atom stereocenters. The molecule has 6 nitrogen and oxygen atoms in total. The molecule has 0 saturated carbocycles. The van der Waals surface area contributed by atoms with E-state index in [2.05, 4.69) is 10.3 Å². The molecule has 0 aliphatic carbocycles. The van der Waals surface area contributed by atoms with Gasteiger partial charge in [0.25, 0.3) is 5.91 Å². The largest absolute Gasteiger partial charge is 0.496 e. The van der Waals surface area contributed by atoms with Crippen molar-refractivity contribution in [3.05, 3.63) is 56.9 Å². The van der Waals surface area contributed by atoms with Gasteiger partial charge in [0.05, 0.1) is 23.4 Å². The van der Waals surface area contributed by atoms with E-state index in [0.29, 0.717) is 21.3 Å². The molecule has 0 aliphatic heterocycles. The van der Waals surface area contributed by atoms with Gasteiger partial charge in [0.1, 0.15) is 22.0 Å². The van der Waals surface area contributed by atoms with Gasteiger partial charge in [-0.1, -0.05) is 17.7 Å². The maximum atomic E-state index is 12.4. The number of hydrogen-bond donors (Lipinski definition) is 1. The zero-order chi connectivity index (χ0) is 19.4. The number of nitrogens with zero attached hydrogens (tertiary/aromatic N) is 1. The fourth-order valence-electron chi connectivity index (χ4n) is 2.33. The van der Waals surface area contributed by atoms with E-state index in [1.807, 2.05) is 6.07 Å². The minimum atomic E-state index is -0.501. The van der Waals surface area contributed by atoms with E-state index in [1.165, 1.54) is 36.9 Å². The smallest absolute Gasteiger partial charge is 0.341 e. The number of ether oxygens (including phenoxy) is 2. The van der Waals surface area contributed by atoms with E-state index in [9.17, 15) is 9.59 Å². The van der Waals surface area contributed by atoms with Crippen molar-refractivity contribution in [2.75, 3.05) is 14.2 Å². The molecular weight excluding hydrogens is 408 g/mol. The number of rotatable bonds is 6. The van der Waals surface area contributed by atoms with E-state index in [0.717, 1.165) is 15.4 Å². The molecule has 0 aliphatic rings. The summed E-state index contributed by atoms with van der Waals surface area (Å²) in [6.45, 7) is 0.241. The summed E-state index contributed by atoms with van der Waals surface area (Å²) in [5.74, 6) is -0.384. The molecule has 3 aromatic rings. The number of esters is 1. The van der Waals surface area contributed by atoms with Crippen LogP contribution in [0, 0.1) is 0 Å². The van der Waals surface area contributed by atoms with Crippen molar-refractivity contribution < 1.29 is 19.1 Å². The quantitative estimate of drug-likeness (QED) is 0.601. The Bertz CT molecular complexity index is 983. The van der Waals surface area contributed by atoms with Crippen LogP contribution in [0.3, 0.4) is 0 Å². The summed E-state index contributed by atoms with van der Waals surface area (Å²) in [5, 5.41) is 5.24. The molecule has 1 aromatic carbocycles. The molecule has 0 radical (unpaired) electrons. The topological polar surface area (TPSA) is 77.5 Å². The first-order chi connectivity index (χ1) is 13.0. The number of nitrogens with one attached hydrogen (secondary N) is 1. The van der Waals surface area contributed by atoms with Crippen molar-refractivity contribution >= 4 is 46.2 Å². The molecule has 0 spiro atoms. The van der Waals surface area contributed by atoms with Crippen LogP contribution in [0.25, 0.3) is 9.88 Å². The van der Waals surface area contributed by atoms with Crippen molar-refractivity contribution in [2.45, 2.75) is 6.54 Å². The van der Waals surface area contributed by atoms with Crippen molar-refractivity contribution in [3.8, 4) is 15.6 Å². The average molecular weight is 423 g/mol. The number of hydrogen-bond acceptors (Lipinski definition) is 7. The van der Waals surface area contributed by atoms with Crippen LogP contribution in [0.4, 0.5) is 0 Å². The number of aromatic nitrogens is 1. The lowest BCUT2D eigenvalue weighted by molar-refractivity contribution is 0.0597. The Kier molecular flexibility index (Phi) is 6.10. The van der Waals surface area contributed by atoms with Gasteiger partial charge < -0.3 is 14.8 Å². The number of carbonyl (C=O) groups is 2. The fraction of sp³-hybridized carbons (Fsp3) is 0.167. The van der Waals surface area contributed by atoms with Crippen molar-refractivity contribution in [1.82, 2.24) is 10.3 Å². The zero-order valence-electron chi connectivity index (χ0n) is 14.4. The van der Waals surface area contributed by atoms with Gasteiger partial charge in [-0.05, 0) is 29.8 Å². The molecule has 140 valence electrons. The molecular formula is C18H15ClN2O4S2. The van der Waals surface area contributed by atoms with Crippen LogP contribution in [-0.2, 0) is 11.3 Å². The molecule has 9 heteroatoms. The van der Waals surface area contributed by atoms with E-state index in [1.54, 1.807) is 29.6 Å². The average Bonchev–Trinajstić information content (AvgIpc) is 3.34.